The van der Waals surface area contributed by atoms with Crippen molar-refractivity contribution in [2.75, 3.05) is 0 Å². The number of carbonyl (C=O) groups excluding carboxylic acids is 1. The number of phenolic OH excluding ortho intramolecular Hbond substituents is 1. The minimum Gasteiger partial charge on any atom is -0.508 e. The lowest BCUT2D eigenvalue weighted by Gasteiger charge is -2.13. The fourth-order valence-electron chi connectivity index (χ4n) is 3.00. The Morgan fingerprint density at radius 3 is 2.11 bits per heavy atom. The first kappa shape index (κ1) is 18.7. The Kier molecular flexibility index (Phi) is 6.26. The van der Waals surface area contributed by atoms with Crippen LogP contribution in [-0.2, 0) is 11.2 Å². The minimum atomic E-state index is -0.263. The summed E-state index contributed by atoms with van der Waals surface area (Å²) in [7, 11) is 0. The zero-order valence-corrected chi connectivity index (χ0v) is 15.5. The van der Waals surface area contributed by atoms with Crippen LogP contribution in [0.25, 0.3) is 11.1 Å². The van der Waals surface area contributed by atoms with Gasteiger partial charge in [0.2, 0.25) is 0 Å². The first-order chi connectivity index (χ1) is 13.1. The molecular weight excluding hydrogens is 336 g/mol. The summed E-state index contributed by atoms with van der Waals surface area (Å²) in [6, 6.07) is 24.8. The molecule has 0 aliphatic heterocycles. The molecule has 1 unspecified atom stereocenters. The Morgan fingerprint density at radius 2 is 1.48 bits per heavy atom. The Bertz CT molecular complexity index is 852. The quantitative estimate of drug-likeness (QED) is 0.556. The van der Waals surface area contributed by atoms with E-state index in [-0.39, 0.29) is 17.8 Å². The molecule has 3 aromatic rings. The summed E-state index contributed by atoms with van der Waals surface area (Å²) in [5, 5.41) is 9.38. The van der Waals surface area contributed by atoms with Gasteiger partial charge in [-0.2, -0.15) is 0 Å². The van der Waals surface area contributed by atoms with Crippen LogP contribution in [0.4, 0.5) is 0 Å². The van der Waals surface area contributed by atoms with E-state index >= 15 is 0 Å². The van der Waals surface area contributed by atoms with Crippen molar-refractivity contribution in [3.63, 3.8) is 0 Å². The van der Waals surface area contributed by atoms with Gasteiger partial charge in [-0.15, -0.1) is 0 Å². The molecule has 0 bridgehead atoms. The number of benzene rings is 3. The van der Waals surface area contributed by atoms with Crippen LogP contribution >= 0.6 is 0 Å². The molecule has 1 atom stereocenters. The summed E-state index contributed by atoms with van der Waals surface area (Å²) in [4.78, 5) is 12.0. The lowest BCUT2D eigenvalue weighted by molar-refractivity contribution is 0.0321. The highest BCUT2D eigenvalue weighted by atomic mass is 16.5. The summed E-state index contributed by atoms with van der Waals surface area (Å²) < 4.78 is 5.50. The molecule has 0 aromatic heterocycles. The smallest absolute Gasteiger partial charge is 0.338 e. The van der Waals surface area contributed by atoms with E-state index in [1.54, 1.807) is 24.3 Å². The highest BCUT2D eigenvalue weighted by Gasteiger charge is 2.11. The molecule has 27 heavy (non-hydrogen) atoms. The average molecular weight is 360 g/mol. The van der Waals surface area contributed by atoms with Crippen molar-refractivity contribution in [3.8, 4) is 16.9 Å². The molecule has 0 radical (unpaired) electrons. The molecule has 3 rings (SSSR count). The lowest BCUT2D eigenvalue weighted by atomic mass is 10.0. The van der Waals surface area contributed by atoms with Crippen molar-refractivity contribution in [1.82, 2.24) is 0 Å². The van der Waals surface area contributed by atoms with Crippen LogP contribution in [0.1, 0.15) is 35.7 Å². The molecule has 0 aliphatic carbocycles. The third-order valence-electron chi connectivity index (χ3n) is 4.55. The average Bonchev–Trinajstić information content (AvgIpc) is 2.70. The van der Waals surface area contributed by atoms with Gasteiger partial charge in [-0.3, -0.25) is 0 Å². The van der Waals surface area contributed by atoms with E-state index in [2.05, 4.69) is 24.3 Å². The molecule has 3 nitrogen and oxygen atoms in total. The second-order valence-corrected chi connectivity index (χ2v) is 6.72. The summed E-state index contributed by atoms with van der Waals surface area (Å²) in [5.74, 6) is 0.0128. The van der Waals surface area contributed by atoms with Gasteiger partial charge in [-0.1, -0.05) is 54.6 Å². The Balaban J connectivity index is 1.46. The van der Waals surface area contributed by atoms with Gasteiger partial charge in [0, 0.05) is 0 Å². The number of phenols is 1. The maximum Gasteiger partial charge on any atom is 0.338 e. The van der Waals surface area contributed by atoms with Crippen LogP contribution in [0.3, 0.4) is 0 Å². The van der Waals surface area contributed by atoms with Crippen molar-refractivity contribution >= 4 is 5.97 Å². The summed E-state index contributed by atoms with van der Waals surface area (Å²) >= 11 is 0. The van der Waals surface area contributed by atoms with Crippen LogP contribution in [0.15, 0.2) is 78.9 Å². The summed E-state index contributed by atoms with van der Waals surface area (Å²) in [6.07, 6.45) is 2.64. The minimum absolute atomic E-state index is 0.103. The van der Waals surface area contributed by atoms with Crippen molar-refractivity contribution in [2.24, 2.45) is 0 Å². The van der Waals surface area contributed by atoms with Gasteiger partial charge in [0.15, 0.2) is 0 Å². The molecule has 3 aromatic carbocycles. The van der Waals surface area contributed by atoms with Crippen LogP contribution in [0.5, 0.6) is 5.75 Å². The largest absolute Gasteiger partial charge is 0.508 e. The SMILES string of the molecule is CC(CCCc1ccc(-c2ccc(O)cc2)cc1)OC(=O)c1ccccc1. The topological polar surface area (TPSA) is 46.5 Å². The molecule has 0 spiro atoms. The van der Waals surface area contributed by atoms with Crippen LogP contribution in [0, 0.1) is 0 Å². The van der Waals surface area contributed by atoms with Crippen LogP contribution < -0.4 is 0 Å². The number of aryl methyl sites for hydroxylation is 1. The number of carbonyl (C=O) groups is 1. The standard InChI is InChI=1S/C24H24O3/c1-18(27-24(26)22-8-3-2-4-9-22)6-5-7-19-10-12-20(13-11-19)21-14-16-23(25)17-15-21/h2-4,8-18,25H,5-7H2,1H3. The van der Waals surface area contributed by atoms with Crippen molar-refractivity contribution in [2.45, 2.75) is 32.3 Å². The highest BCUT2D eigenvalue weighted by molar-refractivity contribution is 5.89. The Labute approximate surface area is 160 Å². The monoisotopic (exact) mass is 360 g/mol. The summed E-state index contributed by atoms with van der Waals surface area (Å²) in [6.45, 7) is 1.94. The van der Waals surface area contributed by atoms with Gasteiger partial charge >= 0.3 is 5.97 Å². The highest BCUT2D eigenvalue weighted by Crippen LogP contribution is 2.22. The molecule has 0 aliphatic rings. The van der Waals surface area contributed by atoms with E-state index in [9.17, 15) is 9.90 Å². The van der Waals surface area contributed by atoms with E-state index in [1.807, 2.05) is 37.3 Å². The Morgan fingerprint density at radius 1 is 0.889 bits per heavy atom. The fraction of sp³-hybridized carbons (Fsp3) is 0.208. The van der Waals surface area contributed by atoms with Crippen molar-refractivity contribution in [3.05, 3.63) is 90.0 Å². The van der Waals surface area contributed by atoms with Crippen LogP contribution in [-0.4, -0.2) is 17.2 Å². The van der Waals surface area contributed by atoms with Crippen LogP contribution in [0.2, 0.25) is 0 Å². The number of esters is 1. The lowest BCUT2D eigenvalue weighted by Crippen LogP contribution is -2.15. The number of hydrogen-bond donors (Lipinski definition) is 1. The van der Waals surface area contributed by atoms with Crippen molar-refractivity contribution in [1.29, 1.82) is 0 Å². The van der Waals surface area contributed by atoms with E-state index in [1.165, 1.54) is 5.56 Å². The molecule has 0 saturated carbocycles. The van der Waals surface area contributed by atoms with Gasteiger partial charge in [0.25, 0.3) is 0 Å². The number of ether oxygens (including phenoxy) is 1. The number of hydrogen-bond acceptors (Lipinski definition) is 3. The molecule has 0 saturated heterocycles. The van der Waals surface area contributed by atoms with Gasteiger partial charge in [-0.25, -0.2) is 4.79 Å². The molecule has 0 fully saturated rings. The molecule has 1 N–H and O–H groups in total. The maximum absolute atomic E-state index is 12.0. The predicted molar refractivity (Wildman–Crippen MR) is 108 cm³/mol. The maximum atomic E-state index is 12.0. The zero-order chi connectivity index (χ0) is 19.1. The van der Waals surface area contributed by atoms with E-state index < -0.39 is 0 Å². The molecule has 138 valence electrons. The van der Waals surface area contributed by atoms with E-state index in [0.29, 0.717) is 5.56 Å². The predicted octanol–water partition coefficient (Wildman–Crippen LogP) is 5.63. The molecule has 3 heteroatoms. The second-order valence-electron chi connectivity index (χ2n) is 6.72. The van der Waals surface area contributed by atoms with Gasteiger partial charge in [-0.05, 0) is 67.1 Å². The number of rotatable bonds is 7. The molecular formula is C24H24O3. The summed E-state index contributed by atoms with van der Waals surface area (Å²) in [5.41, 5.74) is 4.07. The molecule has 0 amide bonds. The Hall–Kier alpha value is -3.07. The van der Waals surface area contributed by atoms with Crippen molar-refractivity contribution < 1.29 is 14.6 Å². The fourth-order valence-corrected chi connectivity index (χ4v) is 3.00. The zero-order valence-electron chi connectivity index (χ0n) is 15.5. The van der Waals surface area contributed by atoms with Gasteiger partial charge in [0.1, 0.15) is 5.75 Å². The normalized spacial score (nSPS) is 11.7. The molecule has 0 heterocycles. The third-order valence-corrected chi connectivity index (χ3v) is 4.55. The number of aromatic hydroxyl groups is 1. The second kappa shape index (κ2) is 9.04. The van der Waals surface area contributed by atoms with E-state index in [4.69, 9.17) is 4.74 Å². The van der Waals surface area contributed by atoms with E-state index in [0.717, 1.165) is 30.4 Å². The third kappa shape index (κ3) is 5.45. The first-order valence-electron chi connectivity index (χ1n) is 9.26. The first-order valence-corrected chi connectivity index (χ1v) is 9.26. The van der Waals surface area contributed by atoms with Gasteiger partial charge < -0.3 is 9.84 Å². The van der Waals surface area contributed by atoms with Gasteiger partial charge in [0.05, 0.1) is 11.7 Å².